The van der Waals surface area contributed by atoms with Crippen LogP contribution in [0, 0.1) is 11.6 Å². The van der Waals surface area contributed by atoms with E-state index in [1.165, 1.54) is 0 Å². The van der Waals surface area contributed by atoms with Gasteiger partial charge in [-0.05, 0) is 42.8 Å². The summed E-state index contributed by atoms with van der Waals surface area (Å²) in [6.45, 7) is 1.59. The van der Waals surface area contributed by atoms with Crippen molar-refractivity contribution in [2.24, 2.45) is 0 Å². The number of halogens is 4. The molecule has 0 aliphatic rings. The molecule has 0 radical (unpaired) electrons. The molecule has 2 aromatic carbocycles. The Morgan fingerprint density at radius 3 is 2.57 bits per heavy atom. The minimum absolute atomic E-state index is 0.0673. The Labute approximate surface area is 142 Å². The Balaban J connectivity index is 1.93. The molecule has 3 nitrogen and oxygen atoms in total. The van der Waals surface area contributed by atoms with Crippen molar-refractivity contribution < 1.29 is 13.6 Å². The molecule has 0 saturated heterocycles. The molecule has 2 aromatic rings. The predicted octanol–water partition coefficient (Wildman–Crippen LogP) is 4.56. The predicted molar refractivity (Wildman–Crippen MR) is 87.9 cm³/mol. The summed E-state index contributed by atoms with van der Waals surface area (Å²) >= 11 is 11.8. The number of hydrogen-bond donors (Lipinski definition) is 2. The van der Waals surface area contributed by atoms with Crippen LogP contribution in [0.4, 0.5) is 14.5 Å². The van der Waals surface area contributed by atoms with Crippen molar-refractivity contribution in [3.63, 3.8) is 0 Å². The molecule has 0 heterocycles. The quantitative estimate of drug-likeness (QED) is 0.822. The van der Waals surface area contributed by atoms with Gasteiger partial charge in [0.25, 0.3) is 0 Å². The lowest BCUT2D eigenvalue weighted by Gasteiger charge is -2.16. The van der Waals surface area contributed by atoms with Gasteiger partial charge < -0.3 is 10.6 Å². The van der Waals surface area contributed by atoms with E-state index >= 15 is 0 Å². The summed E-state index contributed by atoms with van der Waals surface area (Å²) in [6.07, 6.45) is 0. The van der Waals surface area contributed by atoms with Gasteiger partial charge in [-0.1, -0.05) is 29.3 Å². The van der Waals surface area contributed by atoms with E-state index in [0.717, 1.165) is 23.8 Å². The Hall–Kier alpha value is -1.85. The molecular formula is C16H14Cl2F2N2O. The number of benzene rings is 2. The molecule has 0 saturated carbocycles. The minimum atomic E-state index is -0.628. The summed E-state index contributed by atoms with van der Waals surface area (Å²) in [6, 6.07) is 7.73. The molecule has 7 heteroatoms. The summed E-state index contributed by atoms with van der Waals surface area (Å²) < 4.78 is 26.5. The lowest BCUT2D eigenvalue weighted by molar-refractivity contribution is -0.120. The fourth-order valence-electron chi connectivity index (χ4n) is 1.97. The van der Waals surface area contributed by atoms with Gasteiger partial charge in [0.05, 0.1) is 28.3 Å². The average Bonchev–Trinajstić information content (AvgIpc) is 2.50. The molecule has 1 amide bonds. The van der Waals surface area contributed by atoms with E-state index < -0.39 is 11.6 Å². The molecule has 0 fully saturated rings. The van der Waals surface area contributed by atoms with Gasteiger partial charge in [-0.25, -0.2) is 8.78 Å². The highest BCUT2D eigenvalue weighted by Gasteiger charge is 2.12. The number of amides is 1. The molecule has 0 bridgehead atoms. The maximum Gasteiger partial charge on any atom is 0.239 e. The van der Waals surface area contributed by atoms with Crippen LogP contribution in [0.3, 0.4) is 0 Å². The second kappa shape index (κ2) is 7.62. The van der Waals surface area contributed by atoms with Crippen LogP contribution in [-0.4, -0.2) is 12.5 Å². The van der Waals surface area contributed by atoms with E-state index in [1.54, 1.807) is 25.1 Å². The molecule has 0 aliphatic heterocycles. The van der Waals surface area contributed by atoms with Gasteiger partial charge in [0.2, 0.25) is 5.91 Å². The molecule has 0 unspecified atom stereocenters. The van der Waals surface area contributed by atoms with Crippen molar-refractivity contribution in [3.8, 4) is 0 Å². The maximum atomic E-state index is 13.4. The first-order valence-corrected chi connectivity index (χ1v) is 7.55. The molecule has 122 valence electrons. The van der Waals surface area contributed by atoms with E-state index in [4.69, 9.17) is 23.2 Å². The average molecular weight is 359 g/mol. The van der Waals surface area contributed by atoms with Crippen LogP contribution in [0.2, 0.25) is 10.0 Å². The van der Waals surface area contributed by atoms with Gasteiger partial charge >= 0.3 is 0 Å². The topological polar surface area (TPSA) is 41.1 Å². The van der Waals surface area contributed by atoms with Crippen molar-refractivity contribution in [1.29, 1.82) is 0 Å². The first-order valence-electron chi connectivity index (χ1n) is 6.80. The largest absolute Gasteiger partial charge is 0.374 e. The smallest absolute Gasteiger partial charge is 0.239 e. The lowest BCUT2D eigenvalue weighted by Crippen LogP contribution is -2.32. The minimum Gasteiger partial charge on any atom is -0.374 e. The number of rotatable bonds is 5. The Kier molecular flexibility index (Phi) is 5.80. The summed E-state index contributed by atoms with van der Waals surface area (Å²) in [7, 11) is 0. The van der Waals surface area contributed by atoms with Crippen molar-refractivity contribution in [2.75, 3.05) is 11.9 Å². The molecule has 0 aliphatic carbocycles. The monoisotopic (exact) mass is 358 g/mol. The highest BCUT2D eigenvalue weighted by Crippen LogP contribution is 2.25. The van der Waals surface area contributed by atoms with E-state index in [1.807, 2.05) is 0 Å². The van der Waals surface area contributed by atoms with E-state index in [-0.39, 0.29) is 24.2 Å². The lowest BCUT2D eigenvalue weighted by atomic mass is 10.1. The second-order valence-electron chi connectivity index (χ2n) is 4.94. The molecule has 2 N–H and O–H groups in total. The second-order valence-corrected chi connectivity index (χ2v) is 5.75. The van der Waals surface area contributed by atoms with Gasteiger partial charge in [0.15, 0.2) is 0 Å². The van der Waals surface area contributed by atoms with E-state index in [9.17, 15) is 13.6 Å². The Morgan fingerprint density at radius 2 is 1.87 bits per heavy atom. The SMILES string of the molecule is C[C@H](NC(=O)CNc1cc(F)ccc1F)c1ccc(Cl)c(Cl)c1. The van der Waals surface area contributed by atoms with E-state index in [2.05, 4.69) is 10.6 Å². The Morgan fingerprint density at radius 1 is 1.13 bits per heavy atom. The highest BCUT2D eigenvalue weighted by atomic mass is 35.5. The third kappa shape index (κ3) is 4.81. The third-order valence-corrected chi connectivity index (χ3v) is 3.93. The normalized spacial score (nSPS) is 11.9. The van der Waals surface area contributed by atoms with Crippen LogP contribution in [0.25, 0.3) is 0 Å². The zero-order chi connectivity index (χ0) is 17.0. The van der Waals surface area contributed by atoms with Gasteiger partial charge in [-0.2, -0.15) is 0 Å². The summed E-state index contributed by atoms with van der Waals surface area (Å²) in [5.41, 5.74) is 0.715. The molecule has 1 atom stereocenters. The fraction of sp³-hybridized carbons (Fsp3) is 0.188. The number of anilines is 1. The number of hydrogen-bond acceptors (Lipinski definition) is 2. The van der Waals surface area contributed by atoms with Gasteiger partial charge in [-0.3, -0.25) is 4.79 Å². The zero-order valence-corrected chi connectivity index (χ0v) is 13.7. The van der Waals surface area contributed by atoms with Gasteiger partial charge in [-0.15, -0.1) is 0 Å². The van der Waals surface area contributed by atoms with Crippen LogP contribution in [0.15, 0.2) is 36.4 Å². The van der Waals surface area contributed by atoms with Crippen molar-refractivity contribution in [3.05, 3.63) is 63.6 Å². The van der Waals surface area contributed by atoms with Gasteiger partial charge in [0, 0.05) is 0 Å². The highest BCUT2D eigenvalue weighted by molar-refractivity contribution is 6.42. The fourth-order valence-corrected chi connectivity index (χ4v) is 2.27. The van der Waals surface area contributed by atoms with Crippen LogP contribution in [0.5, 0.6) is 0 Å². The molecule has 23 heavy (non-hydrogen) atoms. The van der Waals surface area contributed by atoms with Crippen molar-refractivity contribution in [1.82, 2.24) is 5.32 Å². The van der Waals surface area contributed by atoms with E-state index in [0.29, 0.717) is 10.0 Å². The molecular weight excluding hydrogens is 345 g/mol. The first kappa shape index (κ1) is 17.5. The van der Waals surface area contributed by atoms with Gasteiger partial charge in [0.1, 0.15) is 11.6 Å². The number of carbonyl (C=O) groups excluding carboxylic acids is 1. The molecule has 0 aromatic heterocycles. The number of carbonyl (C=O) groups is 1. The standard InChI is InChI=1S/C16H14Cl2F2N2O/c1-9(10-2-4-12(17)13(18)6-10)22-16(23)8-21-15-7-11(19)3-5-14(15)20/h2-7,9,21H,8H2,1H3,(H,22,23)/t9-/m0/s1. The zero-order valence-electron chi connectivity index (χ0n) is 12.2. The summed E-state index contributed by atoms with van der Waals surface area (Å²) in [5, 5.41) is 6.11. The van der Waals surface area contributed by atoms with Crippen molar-refractivity contribution >= 4 is 34.8 Å². The van der Waals surface area contributed by atoms with Crippen LogP contribution < -0.4 is 10.6 Å². The summed E-state index contributed by atoms with van der Waals surface area (Å²) in [5.74, 6) is -1.58. The third-order valence-electron chi connectivity index (χ3n) is 3.19. The van der Waals surface area contributed by atoms with Crippen LogP contribution in [0.1, 0.15) is 18.5 Å². The van der Waals surface area contributed by atoms with Crippen LogP contribution >= 0.6 is 23.2 Å². The Bertz CT molecular complexity index is 725. The van der Waals surface area contributed by atoms with Crippen molar-refractivity contribution in [2.45, 2.75) is 13.0 Å². The number of nitrogens with one attached hydrogen (secondary N) is 2. The van der Waals surface area contributed by atoms with Crippen LogP contribution in [-0.2, 0) is 4.79 Å². The molecule has 2 rings (SSSR count). The molecule has 0 spiro atoms. The maximum absolute atomic E-state index is 13.4. The summed E-state index contributed by atoms with van der Waals surface area (Å²) in [4.78, 5) is 11.9. The first-order chi connectivity index (χ1) is 10.9.